The molecule has 0 atom stereocenters. The maximum atomic E-state index is 9.18. The van der Waals surface area contributed by atoms with E-state index in [2.05, 4.69) is 12.1 Å². The number of benzene rings is 5. The lowest BCUT2D eigenvalue weighted by atomic mass is 9.20. The number of pyridine rings is 1. The lowest BCUT2D eigenvalue weighted by molar-refractivity contribution is -0.660. The maximum Gasteiger partial charge on any atom is 0.240 e. The summed E-state index contributed by atoms with van der Waals surface area (Å²) < 4.78 is 96.9. The van der Waals surface area contributed by atoms with Gasteiger partial charge in [0.25, 0.3) is 0 Å². The molecule has 0 bridgehead atoms. The quantitative estimate of drug-likeness (QED) is 0.144. The van der Waals surface area contributed by atoms with Gasteiger partial charge in [0.1, 0.15) is 7.05 Å². The average Bonchev–Trinajstić information content (AvgIpc) is 3.15. The highest BCUT2D eigenvalue weighted by Crippen LogP contribution is 2.30. The molecule has 248 valence electrons. The van der Waals surface area contributed by atoms with Crippen molar-refractivity contribution < 1.29 is 19.6 Å². The highest BCUT2D eigenvalue weighted by molar-refractivity contribution is 7.11. The van der Waals surface area contributed by atoms with Gasteiger partial charge in [0.15, 0.2) is 6.20 Å². The van der Waals surface area contributed by atoms with E-state index in [1.54, 1.807) is 62.7 Å². The van der Waals surface area contributed by atoms with Gasteiger partial charge in [0.2, 0.25) is 19.1 Å². The molecule has 1 aliphatic rings. The van der Waals surface area contributed by atoms with Crippen LogP contribution in [0, 0.1) is 46.7 Å². The lowest BCUT2D eigenvalue weighted by Gasteiger charge is -2.34. The Labute approximate surface area is 317 Å². The fourth-order valence-electron chi connectivity index (χ4n) is 7.89. The summed E-state index contributed by atoms with van der Waals surface area (Å²) in [4.78, 5) is 0. The van der Waals surface area contributed by atoms with E-state index in [4.69, 9.17) is 12.3 Å². The zero-order valence-corrected chi connectivity index (χ0v) is 30.0. The molecule has 0 radical (unpaired) electrons. The van der Waals surface area contributed by atoms with Crippen molar-refractivity contribution in [3.8, 4) is 22.4 Å². The molecule has 0 aliphatic carbocycles. The van der Waals surface area contributed by atoms with E-state index in [1.165, 1.54) is 6.20 Å². The van der Waals surface area contributed by atoms with Crippen LogP contribution in [0.1, 0.15) is 74.8 Å². The van der Waals surface area contributed by atoms with Gasteiger partial charge in [-0.2, -0.15) is 0 Å². The van der Waals surface area contributed by atoms with Gasteiger partial charge in [0, 0.05) is 32.3 Å². The fourth-order valence-corrected chi connectivity index (χ4v) is 7.89. The molecule has 1 aliphatic heterocycles. The first kappa shape index (κ1) is 23.0. The van der Waals surface area contributed by atoms with Crippen molar-refractivity contribution in [2.45, 2.75) is 68.5 Å². The van der Waals surface area contributed by atoms with Crippen LogP contribution in [0.2, 0.25) is 0 Å². The monoisotopic (exact) mass is 661 g/mol. The van der Waals surface area contributed by atoms with Crippen molar-refractivity contribution in [3.63, 3.8) is 0 Å². The molecule has 6 aromatic rings. The molecule has 0 fully saturated rings. The summed E-state index contributed by atoms with van der Waals surface area (Å²) in [6, 6.07) is 32.7. The van der Waals surface area contributed by atoms with E-state index >= 15 is 0 Å². The van der Waals surface area contributed by atoms with Crippen molar-refractivity contribution in [3.05, 3.63) is 148 Å². The van der Waals surface area contributed by atoms with Crippen molar-refractivity contribution in [1.29, 1.82) is 0 Å². The van der Waals surface area contributed by atoms with Crippen LogP contribution in [0.3, 0.4) is 0 Å². The van der Waals surface area contributed by atoms with Crippen LogP contribution < -0.4 is 37.3 Å². The number of hydrogen-bond donors (Lipinski definition) is 0. The van der Waals surface area contributed by atoms with Gasteiger partial charge < -0.3 is 0 Å². The second-order valence-electron chi connectivity index (χ2n) is 14.9. The molecule has 5 aromatic carbocycles. The standard InChI is InChI=1S/C47H50B2N/c1-30-21-22-36(25-39(30)44-27-38(28-47(7,8)9)35(6)29-50(44)10)37-23-24-42-43(26-37)49(46-33(4)17-14-18-34(46)5)41-20-12-11-19-40(41)48(42)45-31(2)15-13-16-32(45)3/h11-27,29H,28H2,1-10H3/q+1/i2D3,4D3,6D3,28D2. The Balaban J connectivity index is 1.52. The first-order valence-electron chi connectivity index (χ1n) is 22.8. The predicted octanol–water partition coefficient (Wildman–Crippen LogP) is 6.63. The van der Waals surface area contributed by atoms with Crippen molar-refractivity contribution in [2.24, 2.45) is 12.5 Å². The van der Waals surface area contributed by atoms with Crippen LogP contribution in [0.25, 0.3) is 22.4 Å². The van der Waals surface area contributed by atoms with Crippen LogP contribution in [-0.4, -0.2) is 13.4 Å². The summed E-state index contributed by atoms with van der Waals surface area (Å²) in [5.74, 6) is 0. The van der Waals surface area contributed by atoms with Crippen LogP contribution in [0.15, 0.2) is 109 Å². The minimum Gasteiger partial charge on any atom is -0.201 e. The van der Waals surface area contributed by atoms with E-state index in [1.807, 2.05) is 81.4 Å². The summed E-state index contributed by atoms with van der Waals surface area (Å²) in [5.41, 5.74) is 10.4. The Morgan fingerprint density at radius 3 is 1.72 bits per heavy atom. The number of aromatic nitrogens is 1. The highest BCUT2D eigenvalue weighted by Gasteiger charge is 2.40. The van der Waals surface area contributed by atoms with E-state index < -0.39 is 45.8 Å². The van der Waals surface area contributed by atoms with Crippen molar-refractivity contribution >= 4 is 46.2 Å². The van der Waals surface area contributed by atoms with Gasteiger partial charge in [0.05, 0.1) is 0 Å². The first-order chi connectivity index (χ1) is 28.2. The maximum absolute atomic E-state index is 9.18. The van der Waals surface area contributed by atoms with Crippen molar-refractivity contribution in [1.82, 2.24) is 0 Å². The summed E-state index contributed by atoms with van der Waals surface area (Å²) in [6.45, 7) is 2.84. The molecule has 0 saturated heterocycles. The number of rotatable bonds is 5. The SMILES string of the molecule is [2H]C([2H])([2H])c1c[n+](C)c(-c2cc(-c3ccc4c(c3)B(c3c(C)cccc3C([2H])([2H])[2H])c3ccccc3B4c3c(C)cccc3C([2H])([2H])[2H])ccc2C)cc1C([2H])([2H])C(C)(C)C. The summed E-state index contributed by atoms with van der Waals surface area (Å²) >= 11 is 0. The van der Waals surface area contributed by atoms with Crippen LogP contribution in [0.5, 0.6) is 0 Å². The minimum absolute atomic E-state index is 0.0361. The number of hydrogen-bond acceptors (Lipinski definition) is 0. The molecule has 0 unspecified atom stereocenters. The molecule has 0 amide bonds. The fraction of sp³-hybridized carbons (Fsp3) is 0.255. The normalized spacial score (nSPS) is 16.9. The van der Waals surface area contributed by atoms with E-state index in [9.17, 15) is 2.74 Å². The van der Waals surface area contributed by atoms with Gasteiger partial charge in [-0.15, -0.1) is 0 Å². The molecule has 7 rings (SSSR count). The van der Waals surface area contributed by atoms with Gasteiger partial charge >= 0.3 is 0 Å². The van der Waals surface area contributed by atoms with Gasteiger partial charge in [-0.25, -0.2) is 4.57 Å². The van der Waals surface area contributed by atoms with Crippen LogP contribution >= 0.6 is 0 Å². The van der Waals surface area contributed by atoms with Crippen molar-refractivity contribution in [2.75, 3.05) is 0 Å². The molecule has 50 heavy (non-hydrogen) atoms. The number of fused-ring (bicyclic) bond motifs is 2. The Kier molecular flexibility index (Phi) is 5.94. The van der Waals surface area contributed by atoms with Gasteiger partial charge in [-0.1, -0.05) is 167 Å². The van der Waals surface area contributed by atoms with Gasteiger partial charge in [-0.05, 0) is 81.4 Å². The topological polar surface area (TPSA) is 3.88 Å². The number of aryl methyl sites for hydroxylation is 7. The smallest absolute Gasteiger partial charge is 0.201 e. The van der Waals surface area contributed by atoms with E-state index in [0.717, 1.165) is 55.2 Å². The molecule has 0 spiro atoms. The first-order valence-corrected chi connectivity index (χ1v) is 17.3. The third-order valence-electron chi connectivity index (χ3n) is 10.2. The van der Waals surface area contributed by atoms with Crippen LogP contribution in [-0.2, 0) is 13.4 Å². The van der Waals surface area contributed by atoms with E-state index in [-0.39, 0.29) is 22.3 Å². The molecular formula is C47H50B2N+. The zero-order valence-electron chi connectivity index (χ0n) is 41.0. The summed E-state index contributed by atoms with van der Waals surface area (Å²) in [7, 11) is 1.78. The molecule has 0 saturated carbocycles. The Hall–Kier alpha value is -4.62. The molecule has 1 nitrogen and oxygen atoms in total. The second kappa shape index (κ2) is 12.9. The second-order valence-corrected chi connectivity index (χ2v) is 14.9. The predicted molar refractivity (Wildman–Crippen MR) is 219 cm³/mol. The third kappa shape index (κ3) is 6.06. The molecular weight excluding hydrogens is 600 g/mol. The van der Waals surface area contributed by atoms with Crippen LogP contribution in [0.4, 0.5) is 0 Å². The Morgan fingerprint density at radius 2 is 1.12 bits per heavy atom. The zero-order chi connectivity index (χ0) is 44.8. The largest absolute Gasteiger partial charge is 0.240 e. The molecule has 3 heteroatoms. The summed E-state index contributed by atoms with van der Waals surface area (Å²) in [6.07, 6.45) is -0.455. The highest BCUT2D eigenvalue weighted by atomic mass is 14.9. The Bertz CT molecular complexity index is 2690. The average molecular weight is 662 g/mol. The molecule has 2 heterocycles. The third-order valence-corrected chi connectivity index (χ3v) is 10.2. The number of nitrogens with zero attached hydrogens (tertiary/aromatic N) is 1. The lowest BCUT2D eigenvalue weighted by Crippen LogP contribution is -2.75. The molecule has 0 N–H and O–H groups in total. The van der Waals surface area contributed by atoms with Gasteiger partial charge in [-0.3, -0.25) is 0 Å². The van der Waals surface area contributed by atoms with E-state index in [0.29, 0.717) is 16.6 Å². The minimum atomic E-state index is -2.55. The molecule has 1 aromatic heterocycles. The Morgan fingerprint density at radius 1 is 0.580 bits per heavy atom. The summed E-state index contributed by atoms with van der Waals surface area (Å²) in [5, 5.41) is 0.